The van der Waals surface area contributed by atoms with Gasteiger partial charge in [-0.1, -0.05) is 29.3 Å². The molecule has 0 aliphatic heterocycles. The van der Waals surface area contributed by atoms with Gasteiger partial charge in [0.05, 0.1) is 39.4 Å². The van der Waals surface area contributed by atoms with Crippen molar-refractivity contribution < 1.29 is 18.0 Å². The van der Waals surface area contributed by atoms with E-state index in [0.29, 0.717) is 0 Å². The van der Waals surface area contributed by atoms with Crippen molar-refractivity contribution in [2.75, 3.05) is 16.9 Å². The molecule has 3 rings (SSSR count). The van der Waals surface area contributed by atoms with E-state index in [-0.39, 0.29) is 37.7 Å². The maximum atomic E-state index is 12.5. The summed E-state index contributed by atoms with van der Waals surface area (Å²) in [5, 5.41) is 11.5. The Morgan fingerprint density at radius 3 is 2.28 bits per heavy atom. The Balaban J connectivity index is 1.77. The van der Waals surface area contributed by atoms with E-state index in [1.807, 2.05) is 0 Å². The number of aromatic amines is 1. The van der Waals surface area contributed by atoms with E-state index in [1.54, 1.807) is 6.07 Å². The van der Waals surface area contributed by atoms with Crippen LogP contribution in [0.5, 0.6) is 0 Å². The normalized spacial score (nSPS) is 11.1. The van der Waals surface area contributed by atoms with E-state index < -0.39 is 21.7 Å². The molecule has 0 atom stereocenters. The van der Waals surface area contributed by atoms with Crippen LogP contribution in [0.2, 0.25) is 10.0 Å². The smallest absolute Gasteiger partial charge is 0.275 e. The molecule has 3 N–H and O–H groups in total. The lowest BCUT2D eigenvalue weighted by Gasteiger charge is -2.09. The molecule has 0 bridgehead atoms. The van der Waals surface area contributed by atoms with Crippen LogP contribution in [0, 0.1) is 0 Å². The summed E-state index contributed by atoms with van der Waals surface area (Å²) in [4.78, 5) is 28.8. The first kappa shape index (κ1) is 20.8. The molecule has 12 heteroatoms. The van der Waals surface area contributed by atoms with Gasteiger partial charge in [0, 0.05) is 6.26 Å². The number of nitrogens with one attached hydrogen (secondary N) is 3. The first-order valence-electron chi connectivity index (χ1n) is 7.93. The van der Waals surface area contributed by atoms with Crippen molar-refractivity contribution in [2.45, 2.75) is 5.03 Å². The number of halogens is 2. The summed E-state index contributed by atoms with van der Waals surface area (Å²) in [6, 6.07) is 7.28. The summed E-state index contributed by atoms with van der Waals surface area (Å²) < 4.78 is 22.9. The topological polar surface area (TPSA) is 134 Å². The van der Waals surface area contributed by atoms with Gasteiger partial charge in [0.1, 0.15) is 5.69 Å². The highest BCUT2D eigenvalue weighted by Gasteiger charge is 2.20. The van der Waals surface area contributed by atoms with E-state index >= 15 is 0 Å². The van der Waals surface area contributed by atoms with Crippen LogP contribution in [-0.4, -0.2) is 41.7 Å². The molecular weight excluding hydrogens is 441 g/mol. The van der Waals surface area contributed by atoms with Crippen molar-refractivity contribution in [3.63, 3.8) is 0 Å². The summed E-state index contributed by atoms with van der Waals surface area (Å²) in [5.74, 6) is -1.24. The second kappa shape index (κ2) is 8.19. The number of carbonyl (C=O) groups excluding carboxylic acids is 2. The van der Waals surface area contributed by atoms with Gasteiger partial charge in [-0.05, 0) is 24.3 Å². The van der Waals surface area contributed by atoms with Gasteiger partial charge in [0.25, 0.3) is 11.8 Å². The fourth-order valence-electron chi connectivity index (χ4n) is 2.32. The molecule has 0 unspecified atom stereocenters. The van der Waals surface area contributed by atoms with E-state index in [9.17, 15) is 18.0 Å². The highest BCUT2D eigenvalue weighted by molar-refractivity contribution is 7.90. The zero-order chi connectivity index (χ0) is 21.2. The lowest BCUT2D eigenvalue weighted by molar-refractivity contribution is 0.102. The lowest BCUT2D eigenvalue weighted by atomic mass is 10.2. The standard InChI is InChI=1S/C17H13Cl2N5O4S/c1-29(27,28)13-6-5-9(7-20-13)22-17(26)15-12(8-21-24-15)23-16(25)14-10(18)3-2-4-11(14)19/h2-8H,1H3,(H,21,24)(H,22,26)(H,23,25). The number of amides is 2. The van der Waals surface area contributed by atoms with E-state index in [0.717, 1.165) is 6.26 Å². The van der Waals surface area contributed by atoms with Crippen LogP contribution in [0.15, 0.2) is 47.8 Å². The molecule has 0 spiro atoms. The number of anilines is 2. The highest BCUT2D eigenvalue weighted by atomic mass is 35.5. The lowest BCUT2D eigenvalue weighted by Crippen LogP contribution is -2.18. The molecule has 2 heterocycles. The van der Waals surface area contributed by atoms with Gasteiger partial charge in [0.2, 0.25) is 0 Å². The molecule has 0 aliphatic carbocycles. The van der Waals surface area contributed by atoms with Gasteiger partial charge in [-0.3, -0.25) is 14.7 Å². The number of nitrogens with zero attached hydrogens (tertiary/aromatic N) is 2. The quantitative estimate of drug-likeness (QED) is 0.543. The minimum Gasteiger partial charge on any atom is -0.319 e. The number of rotatable bonds is 5. The average Bonchev–Trinajstić information content (AvgIpc) is 3.09. The first-order valence-corrected chi connectivity index (χ1v) is 10.6. The van der Waals surface area contributed by atoms with Crippen LogP contribution in [0.1, 0.15) is 20.8 Å². The Bertz CT molecular complexity index is 1170. The second-order valence-corrected chi connectivity index (χ2v) is 8.60. The molecule has 0 aliphatic rings. The number of hydrogen-bond donors (Lipinski definition) is 3. The Hall–Kier alpha value is -2.95. The number of H-pyrrole nitrogens is 1. The monoisotopic (exact) mass is 453 g/mol. The third-order valence-corrected chi connectivity index (χ3v) is 5.31. The Morgan fingerprint density at radius 2 is 1.69 bits per heavy atom. The van der Waals surface area contributed by atoms with Crippen LogP contribution in [0.25, 0.3) is 0 Å². The summed E-state index contributed by atoms with van der Waals surface area (Å²) in [6.07, 6.45) is 3.48. The summed E-state index contributed by atoms with van der Waals surface area (Å²) >= 11 is 12.0. The summed E-state index contributed by atoms with van der Waals surface area (Å²) in [7, 11) is -3.45. The van der Waals surface area contributed by atoms with E-state index in [1.165, 1.54) is 36.7 Å². The Labute approximate surface area is 175 Å². The number of benzene rings is 1. The summed E-state index contributed by atoms with van der Waals surface area (Å²) in [6.45, 7) is 0. The number of aromatic nitrogens is 3. The summed E-state index contributed by atoms with van der Waals surface area (Å²) in [5.41, 5.74) is 0.380. The molecule has 1 aromatic carbocycles. The van der Waals surface area contributed by atoms with Crippen molar-refractivity contribution in [3.8, 4) is 0 Å². The van der Waals surface area contributed by atoms with Gasteiger partial charge >= 0.3 is 0 Å². The Morgan fingerprint density at radius 1 is 1.00 bits per heavy atom. The predicted octanol–water partition coefficient (Wildman–Crippen LogP) is 3.02. The maximum Gasteiger partial charge on any atom is 0.275 e. The third kappa shape index (κ3) is 4.73. The number of hydrogen-bond acceptors (Lipinski definition) is 6. The predicted molar refractivity (Wildman–Crippen MR) is 108 cm³/mol. The van der Waals surface area contributed by atoms with Gasteiger partial charge < -0.3 is 10.6 Å². The molecule has 0 radical (unpaired) electrons. The van der Waals surface area contributed by atoms with Crippen molar-refractivity contribution in [1.29, 1.82) is 0 Å². The number of sulfone groups is 1. The molecule has 9 nitrogen and oxygen atoms in total. The molecule has 29 heavy (non-hydrogen) atoms. The zero-order valence-corrected chi connectivity index (χ0v) is 17.1. The number of carbonyl (C=O) groups is 2. The van der Waals surface area contributed by atoms with Gasteiger partial charge in [0.15, 0.2) is 14.9 Å². The molecular formula is C17H13Cl2N5O4S. The molecule has 0 saturated heterocycles. The molecule has 150 valence electrons. The highest BCUT2D eigenvalue weighted by Crippen LogP contribution is 2.26. The largest absolute Gasteiger partial charge is 0.319 e. The minimum atomic E-state index is -3.45. The molecule has 2 aromatic heterocycles. The molecule has 2 amide bonds. The van der Waals surface area contributed by atoms with Crippen molar-refractivity contribution in [3.05, 3.63) is 64.0 Å². The first-order chi connectivity index (χ1) is 13.7. The van der Waals surface area contributed by atoms with Crippen LogP contribution in [0.3, 0.4) is 0 Å². The van der Waals surface area contributed by atoms with Crippen molar-refractivity contribution in [2.24, 2.45) is 0 Å². The van der Waals surface area contributed by atoms with Crippen LogP contribution >= 0.6 is 23.2 Å². The van der Waals surface area contributed by atoms with Crippen LogP contribution in [-0.2, 0) is 9.84 Å². The average molecular weight is 454 g/mol. The van der Waals surface area contributed by atoms with Crippen LogP contribution < -0.4 is 10.6 Å². The SMILES string of the molecule is CS(=O)(=O)c1ccc(NC(=O)c2[nH]ncc2NC(=O)c2c(Cl)cccc2Cl)cn1. The Kier molecular flexibility index (Phi) is 5.87. The fraction of sp³-hybridized carbons (Fsp3) is 0.0588. The van der Waals surface area contributed by atoms with Crippen molar-refractivity contribution in [1.82, 2.24) is 15.2 Å². The second-order valence-electron chi connectivity index (χ2n) is 5.82. The number of pyridine rings is 1. The van der Waals surface area contributed by atoms with Crippen molar-refractivity contribution >= 4 is 56.2 Å². The molecule has 3 aromatic rings. The van der Waals surface area contributed by atoms with Crippen LogP contribution in [0.4, 0.5) is 11.4 Å². The third-order valence-electron chi connectivity index (χ3n) is 3.68. The van der Waals surface area contributed by atoms with E-state index in [4.69, 9.17) is 23.2 Å². The van der Waals surface area contributed by atoms with Gasteiger partial charge in [-0.25, -0.2) is 13.4 Å². The van der Waals surface area contributed by atoms with Gasteiger partial charge in [-0.2, -0.15) is 5.10 Å². The zero-order valence-electron chi connectivity index (χ0n) is 14.7. The van der Waals surface area contributed by atoms with E-state index in [2.05, 4.69) is 25.8 Å². The molecule has 0 saturated carbocycles. The van der Waals surface area contributed by atoms with Gasteiger partial charge in [-0.15, -0.1) is 0 Å². The minimum absolute atomic E-state index is 0.0336. The maximum absolute atomic E-state index is 12.5. The molecule has 0 fully saturated rings. The fourth-order valence-corrected chi connectivity index (χ4v) is 3.45.